The maximum atomic E-state index is 13.2. The molecule has 0 unspecified atom stereocenters. The fourth-order valence-electron chi connectivity index (χ4n) is 1.57. The number of thiol groups is 1. The Morgan fingerprint density at radius 2 is 2.06 bits per heavy atom. The van der Waals surface area contributed by atoms with Crippen molar-refractivity contribution in [1.29, 1.82) is 0 Å². The molecule has 0 amide bonds. The summed E-state index contributed by atoms with van der Waals surface area (Å²) in [5.41, 5.74) is 2.20. The average molecular weight is 263 g/mol. The number of nitrogens with one attached hydrogen (secondary N) is 1. The van der Waals surface area contributed by atoms with E-state index in [9.17, 15) is 4.39 Å². The van der Waals surface area contributed by atoms with E-state index in [4.69, 9.17) is 0 Å². The molecule has 94 valence electrons. The lowest BCUT2D eigenvalue weighted by molar-refractivity contribution is 0.618. The maximum absolute atomic E-state index is 13.2. The number of halogens is 1. The normalized spacial score (nSPS) is 10.4. The zero-order valence-corrected chi connectivity index (χ0v) is 10.9. The highest BCUT2D eigenvalue weighted by molar-refractivity contribution is 7.80. The van der Waals surface area contributed by atoms with Gasteiger partial charge in [0.15, 0.2) is 0 Å². The maximum Gasteiger partial charge on any atom is 0.148 e. The smallest absolute Gasteiger partial charge is 0.148 e. The van der Waals surface area contributed by atoms with Crippen molar-refractivity contribution >= 4 is 18.4 Å². The summed E-state index contributed by atoms with van der Waals surface area (Å²) in [7, 11) is 0. The van der Waals surface area contributed by atoms with E-state index < -0.39 is 0 Å². The Kier molecular flexibility index (Phi) is 4.15. The molecule has 0 bridgehead atoms. The number of rotatable bonds is 4. The van der Waals surface area contributed by atoms with Crippen molar-refractivity contribution in [1.82, 2.24) is 10.2 Å². The first-order valence-electron chi connectivity index (χ1n) is 5.65. The summed E-state index contributed by atoms with van der Waals surface area (Å²) in [4.78, 5) is 0. The first-order chi connectivity index (χ1) is 8.70. The molecule has 1 heterocycles. The summed E-state index contributed by atoms with van der Waals surface area (Å²) in [5.74, 6) is 1.24. The van der Waals surface area contributed by atoms with Crippen molar-refractivity contribution in [3.05, 3.63) is 41.7 Å². The number of anilines is 1. The highest BCUT2D eigenvalue weighted by atomic mass is 32.1. The van der Waals surface area contributed by atoms with Gasteiger partial charge in [0.25, 0.3) is 0 Å². The topological polar surface area (TPSA) is 37.8 Å². The van der Waals surface area contributed by atoms with E-state index in [-0.39, 0.29) is 5.82 Å². The van der Waals surface area contributed by atoms with Gasteiger partial charge in [0, 0.05) is 17.9 Å². The predicted octanol–water partition coefficient (Wildman–Crippen LogP) is 2.93. The first kappa shape index (κ1) is 12.8. The zero-order chi connectivity index (χ0) is 13.0. The molecule has 1 aromatic carbocycles. The molecule has 0 aliphatic rings. The standard InChI is InChI=1S/C13H14FN3S/c1-9-8-10(2-3-11(9)14)12-4-5-13(17-16-12)15-6-7-18/h2-5,8,18H,6-7H2,1H3,(H,15,17). The van der Waals surface area contributed by atoms with Crippen LogP contribution < -0.4 is 5.32 Å². The van der Waals surface area contributed by atoms with Crippen LogP contribution in [0.3, 0.4) is 0 Å². The van der Waals surface area contributed by atoms with Gasteiger partial charge in [0.1, 0.15) is 11.6 Å². The summed E-state index contributed by atoms with van der Waals surface area (Å²) in [6.45, 7) is 2.47. The number of nitrogens with zero attached hydrogens (tertiary/aromatic N) is 2. The van der Waals surface area contributed by atoms with Crippen LogP contribution in [0.5, 0.6) is 0 Å². The van der Waals surface area contributed by atoms with Gasteiger partial charge in [-0.15, -0.1) is 10.2 Å². The Morgan fingerprint density at radius 1 is 1.22 bits per heavy atom. The van der Waals surface area contributed by atoms with Gasteiger partial charge in [-0.05, 0) is 42.8 Å². The molecule has 0 saturated carbocycles. The van der Waals surface area contributed by atoms with Crippen LogP contribution in [0.4, 0.5) is 10.2 Å². The van der Waals surface area contributed by atoms with Crippen molar-refractivity contribution < 1.29 is 4.39 Å². The Morgan fingerprint density at radius 3 is 2.67 bits per heavy atom. The Bertz CT molecular complexity index is 528. The van der Waals surface area contributed by atoms with E-state index in [0.29, 0.717) is 11.4 Å². The fourth-order valence-corrected chi connectivity index (χ4v) is 1.68. The minimum Gasteiger partial charge on any atom is -0.368 e. The van der Waals surface area contributed by atoms with E-state index in [0.717, 1.165) is 23.6 Å². The molecule has 5 heteroatoms. The van der Waals surface area contributed by atoms with Crippen molar-refractivity contribution in [2.24, 2.45) is 0 Å². The number of aromatic nitrogens is 2. The first-order valence-corrected chi connectivity index (χ1v) is 6.29. The quantitative estimate of drug-likeness (QED) is 0.833. The Balaban J connectivity index is 2.20. The predicted molar refractivity (Wildman–Crippen MR) is 74.5 cm³/mol. The third-order valence-electron chi connectivity index (χ3n) is 2.54. The number of aryl methyl sites for hydroxylation is 1. The molecule has 1 N–H and O–H groups in total. The third-order valence-corrected chi connectivity index (χ3v) is 2.76. The van der Waals surface area contributed by atoms with Gasteiger partial charge in [-0.2, -0.15) is 12.6 Å². The molecule has 2 rings (SSSR count). The van der Waals surface area contributed by atoms with Gasteiger partial charge >= 0.3 is 0 Å². The van der Waals surface area contributed by atoms with Crippen LogP contribution >= 0.6 is 12.6 Å². The van der Waals surface area contributed by atoms with Crippen LogP contribution in [0.1, 0.15) is 5.56 Å². The lowest BCUT2D eigenvalue weighted by atomic mass is 10.1. The Hall–Kier alpha value is -1.62. The van der Waals surface area contributed by atoms with Crippen LogP contribution in [-0.4, -0.2) is 22.5 Å². The number of hydrogen-bond acceptors (Lipinski definition) is 4. The number of benzene rings is 1. The van der Waals surface area contributed by atoms with Crippen molar-refractivity contribution in [2.45, 2.75) is 6.92 Å². The molecular weight excluding hydrogens is 249 g/mol. The second kappa shape index (κ2) is 5.82. The molecule has 3 nitrogen and oxygen atoms in total. The molecule has 0 aliphatic heterocycles. The van der Waals surface area contributed by atoms with E-state index in [1.54, 1.807) is 19.1 Å². The fraction of sp³-hybridized carbons (Fsp3) is 0.231. The summed E-state index contributed by atoms with van der Waals surface area (Å²) in [6.07, 6.45) is 0. The summed E-state index contributed by atoms with van der Waals surface area (Å²) < 4.78 is 13.2. The average Bonchev–Trinajstić information content (AvgIpc) is 2.40. The highest BCUT2D eigenvalue weighted by Crippen LogP contribution is 2.19. The van der Waals surface area contributed by atoms with E-state index >= 15 is 0 Å². The van der Waals surface area contributed by atoms with E-state index in [2.05, 4.69) is 28.1 Å². The molecule has 0 radical (unpaired) electrons. The van der Waals surface area contributed by atoms with Crippen LogP contribution in [0, 0.1) is 12.7 Å². The lowest BCUT2D eigenvalue weighted by Crippen LogP contribution is -2.05. The van der Waals surface area contributed by atoms with E-state index in [1.807, 2.05) is 12.1 Å². The summed E-state index contributed by atoms with van der Waals surface area (Å²) >= 11 is 4.10. The lowest BCUT2D eigenvalue weighted by Gasteiger charge is -2.05. The second-order valence-electron chi connectivity index (χ2n) is 3.92. The van der Waals surface area contributed by atoms with Crippen molar-refractivity contribution in [2.75, 3.05) is 17.6 Å². The molecule has 18 heavy (non-hydrogen) atoms. The van der Waals surface area contributed by atoms with Gasteiger partial charge in [-0.1, -0.05) is 0 Å². The molecule has 0 fully saturated rings. The van der Waals surface area contributed by atoms with Gasteiger partial charge in [0.2, 0.25) is 0 Å². The minimum atomic E-state index is -0.209. The number of hydrogen-bond donors (Lipinski definition) is 2. The largest absolute Gasteiger partial charge is 0.368 e. The van der Waals surface area contributed by atoms with Crippen LogP contribution in [-0.2, 0) is 0 Å². The molecule has 0 saturated heterocycles. The second-order valence-corrected chi connectivity index (χ2v) is 4.37. The molecule has 2 aromatic rings. The van der Waals surface area contributed by atoms with Crippen LogP contribution in [0.25, 0.3) is 11.3 Å². The van der Waals surface area contributed by atoms with Gasteiger partial charge in [-0.25, -0.2) is 4.39 Å². The summed E-state index contributed by atoms with van der Waals surface area (Å²) in [6, 6.07) is 8.62. The van der Waals surface area contributed by atoms with Gasteiger partial charge in [-0.3, -0.25) is 0 Å². The van der Waals surface area contributed by atoms with Crippen molar-refractivity contribution in [3.63, 3.8) is 0 Å². The molecule has 0 atom stereocenters. The monoisotopic (exact) mass is 263 g/mol. The zero-order valence-electron chi connectivity index (χ0n) is 10.0. The molecular formula is C13H14FN3S. The van der Waals surface area contributed by atoms with Crippen LogP contribution in [0.2, 0.25) is 0 Å². The van der Waals surface area contributed by atoms with Gasteiger partial charge in [0.05, 0.1) is 5.69 Å². The Labute approximate surface area is 111 Å². The van der Waals surface area contributed by atoms with Crippen LogP contribution in [0.15, 0.2) is 30.3 Å². The van der Waals surface area contributed by atoms with Gasteiger partial charge < -0.3 is 5.32 Å². The third kappa shape index (κ3) is 2.98. The minimum absolute atomic E-state index is 0.209. The molecule has 1 aromatic heterocycles. The van der Waals surface area contributed by atoms with Crippen molar-refractivity contribution in [3.8, 4) is 11.3 Å². The SMILES string of the molecule is Cc1cc(-c2ccc(NCCS)nn2)ccc1F. The summed E-state index contributed by atoms with van der Waals surface area (Å²) in [5, 5.41) is 11.3. The van der Waals surface area contributed by atoms with E-state index in [1.165, 1.54) is 6.07 Å². The highest BCUT2D eigenvalue weighted by Gasteiger charge is 2.03. The molecule has 0 aliphatic carbocycles. The molecule has 0 spiro atoms.